The van der Waals surface area contributed by atoms with E-state index in [1.807, 2.05) is 13.0 Å². The fourth-order valence-electron chi connectivity index (χ4n) is 3.84. The number of anilines is 2. The molecule has 7 heteroatoms. The van der Waals surface area contributed by atoms with Crippen LogP contribution >= 0.6 is 0 Å². The quantitative estimate of drug-likeness (QED) is 0.390. The number of hydrogen-bond acceptors (Lipinski definition) is 6. The van der Waals surface area contributed by atoms with Crippen LogP contribution in [0.1, 0.15) is 37.9 Å². The average molecular weight is 419 g/mol. The summed E-state index contributed by atoms with van der Waals surface area (Å²) in [5.74, 6) is 2.49. The first-order valence-electron chi connectivity index (χ1n) is 10.9. The molecule has 2 N–H and O–H groups in total. The SMILES string of the molecule is CC/C=C\C(CCNc1nc2c3c([nH]nc3n1)CCN2Cc1ccccc1)=C(/C)OC. The number of nitrogens with one attached hydrogen (secondary N) is 2. The molecule has 0 saturated carbocycles. The van der Waals surface area contributed by atoms with Gasteiger partial charge in [-0.15, -0.1) is 0 Å². The lowest BCUT2D eigenvalue weighted by Crippen LogP contribution is -2.29. The minimum Gasteiger partial charge on any atom is -0.501 e. The molecule has 3 aromatic rings. The molecule has 2 aromatic heterocycles. The Bertz CT molecular complexity index is 1090. The lowest BCUT2D eigenvalue weighted by molar-refractivity contribution is 0.289. The summed E-state index contributed by atoms with van der Waals surface area (Å²) in [6, 6.07) is 10.5. The monoisotopic (exact) mass is 418 g/mol. The Hall–Kier alpha value is -3.35. The van der Waals surface area contributed by atoms with Gasteiger partial charge in [-0.05, 0) is 30.9 Å². The molecule has 0 amide bonds. The van der Waals surface area contributed by atoms with E-state index in [1.165, 1.54) is 11.1 Å². The zero-order valence-corrected chi connectivity index (χ0v) is 18.5. The number of rotatable bonds is 9. The van der Waals surface area contributed by atoms with E-state index in [-0.39, 0.29) is 0 Å². The third kappa shape index (κ3) is 4.71. The first-order valence-corrected chi connectivity index (χ1v) is 10.9. The summed E-state index contributed by atoms with van der Waals surface area (Å²) < 4.78 is 5.44. The Morgan fingerprint density at radius 1 is 1.26 bits per heavy atom. The first kappa shape index (κ1) is 20.9. The van der Waals surface area contributed by atoms with Gasteiger partial charge in [0.05, 0.1) is 23.9 Å². The van der Waals surface area contributed by atoms with Crippen LogP contribution < -0.4 is 10.2 Å². The van der Waals surface area contributed by atoms with Gasteiger partial charge in [-0.3, -0.25) is 5.10 Å². The molecule has 1 aromatic carbocycles. The van der Waals surface area contributed by atoms with E-state index in [2.05, 4.69) is 68.7 Å². The van der Waals surface area contributed by atoms with Crippen LogP contribution in [0.5, 0.6) is 0 Å². The molecular formula is C24H30N6O. The smallest absolute Gasteiger partial charge is 0.226 e. The summed E-state index contributed by atoms with van der Waals surface area (Å²) in [7, 11) is 1.71. The third-order valence-electron chi connectivity index (χ3n) is 5.61. The summed E-state index contributed by atoms with van der Waals surface area (Å²) in [6.07, 6.45) is 7.02. The highest BCUT2D eigenvalue weighted by atomic mass is 16.5. The fourth-order valence-corrected chi connectivity index (χ4v) is 3.84. The zero-order valence-electron chi connectivity index (χ0n) is 18.5. The van der Waals surface area contributed by atoms with Gasteiger partial charge in [0, 0.05) is 26.1 Å². The topological polar surface area (TPSA) is 79.0 Å². The predicted molar refractivity (Wildman–Crippen MR) is 125 cm³/mol. The van der Waals surface area contributed by atoms with Gasteiger partial charge in [0.2, 0.25) is 5.95 Å². The molecule has 3 heterocycles. The highest BCUT2D eigenvalue weighted by Crippen LogP contribution is 2.32. The predicted octanol–water partition coefficient (Wildman–Crippen LogP) is 4.60. The largest absolute Gasteiger partial charge is 0.501 e. The molecule has 0 radical (unpaired) electrons. The second-order valence-corrected chi connectivity index (χ2v) is 7.70. The summed E-state index contributed by atoms with van der Waals surface area (Å²) in [5, 5.41) is 12.0. The summed E-state index contributed by atoms with van der Waals surface area (Å²) in [5.41, 5.74) is 4.27. The van der Waals surface area contributed by atoms with Crippen molar-refractivity contribution in [2.24, 2.45) is 0 Å². The molecule has 0 atom stereocenters. The molecule has 7 nitrogen and oxygen atoms in total. The van der Waals surface area contributed by atoms with Crippen molar-refractivity contribution in [2.45, 2.75) is 39.7 Å². The van der Waals surface area contributed by atoms with Gasteiger partial charge in [-0.1, -0.05) is 49.4 Å². The number of ether oxygens (including phenoxy) is 1. The van der Waals surface area contributed by atoms with Crippen molar-refractivity contribution in [1.82, 2.24) is 20.2 Å². The van der Waals surface area contributed by atoms with Crippen LogP contribution in [-0.2, 0) is 17.7 Å². The minimum absolute atomic E-state index is 0.606. The minimum atomic E-state index is 0.606. The molecule has 0 fully saturated rings. The van der Waals surface area contributed by atoms with E-state index in [9.17, 15) is 0 Å². The van der Waals surface area contributed by atoms with E-state index in [0.717, 1.165) is 60.7 Å². The molecule has 31 heavy (non-hydrogen) atoms. The number of methoxy groups -OCH3 is 1. The van der Waals surface area contributed by atoms with Crippen molar-refractivity contribution in [3.8, 4) is 0 Å². The van der Waals surface area contributed by atoms with Gasteiger partial charge in [-0.2, -0.15) is 15.1 Å². The van der Waals surface area contributed by atoms with Crippen molar-refractivity contribution in [2.75, 3.05) is 30.4 Å². The molecule has 1 aliphatic heterocycles. The third-order valence-corrected chi connectivity index (χ3v) is 5.61. The summed E-state index contributed by atoms with van der Waals surface area (Å²) in [4.78, 5) is 11.8. The van der Waals surface area contributed by atoms with Gasteiger partial charge in [-0.25, -0.2) is 0 Å². The van der Waals surface area contributed by atoms with Gasteiger partial charge >= 0.3 is 0 Å². The Balaban J connectivity index is 1.54. The second-order valence-electron chi connectivity index (χ2n) is 7.70. The lowest BCUT2D eigenvalue weighted by Gasteiger charge is -2.28. The van der Waals surface area contributed by atoms with Crippen molar-refractivity contribution in [3.05, 3.63) is 65.1 Å². The van der Waals surface area contributed by atoms with Crippen LogP contribution in [0.25, 0.3) is 11.0 Å². The van der Waals surface area contributed by atoms with E-state index < -0.39 is 0 Å². The number of hydrogen-bond donors (Lipinski definition) is 2. The van der Waals surface area contributed by atoms with Crippen LogP contribution in [0.4, 0.5) is 11.8 Å². The van der Waals surface area contributed by atoms with Crippen molar-refractivity contribution in [1.29, 1.82) is 0 Å². The maximum atomic E-state index is 5.44. The van der Waals surface area contributed by atoms with E-state index in [4.69, 9.17) is 9.72 Å². The maximum Gasteiger partial charge on any atom is 0.226 e. The number of aromatic nitrogens is 4. The van der Waals surface area contributed by atoms with E-state index in [0.29, 0.717) is 12.5 Å². The Labute approximate surface area is 183 Å². The second kappa shape index (κ2) is 9.64. The molecule has 0 spiro atoms. The molecule has 162 valence electrons. The fraction of sp³-hybridized carbons (Fsp3) is 0.375. The van der Waals surface area contributed by atoms with Gasteiger partial charge in [0.1, 0.15) is 5.82 Å². The molecule has 0 saturated heterocycles. The lowest BCUT2D eigenvalue weighted by atomic mass is 10.1. The number of allylic oxidation sites excluding steroid dienone is 3. The molecule has 1 aliphatic rings. The van der Waals surface area contributed by atoms with Crippen LogP contribution in [0.3, 0.4) is 0 Å². The number of aromatic amines is 1. The maximum absolute atomic E-state index is 5.44. The standard InChI is InChI=1S/C24H30N6O/c1-4-5-11-19(17(2)31-3)12-14-25-24-26-22-21-20(28-29-22)13-15-30(23(21)27-24)16-18-9-7-6-8-10-18/h5-11H,4,12-16H2,1-3H3,(H2,25,26,27,28,29)/b11-5-,19-17-. The van der Waals surface area contributed by atoms with Crippen molar-refractivity contribution < 1.29 is 4.74 Å². The van der Waals surface area contributed by atoms with Gasteiger partial charge in [0.25, 0.3) is 0 Å². The normalized spacial score (nSPS) is 14.2. The molecule has 4 rings (SSSR count). The van der Waals surface area contributed by atoms with Crippen LogP contribution in [0, 0.1) is 0 Å². The molecular weight excluding hydrogens is 388 g/mol. The van der Waals surface area contributed by atoms with Crippen LogP contribution in [0.15, 0.2) is 53.8 Å². The first-order chi connectivity index (χ1) is 15.2. The van der Waals surface area contributed by atoms with Crippen molar-refractivity contribution in [3.63, 3.8) is 0 Å². The molecule has 0 bridgehead atoms. The average Bonchev–Trinajstić information content (AvgIpc) is 3.22. The van der Waals surface area contributed by atoms with Crippen LogP contribution in [-0.4, -0.2) is 40.4 Å². The van der Waals surface area contributed by atoms with Crippen molar-refractivity contribution >= 4 is 22.8 Å². The number of H-pyrrole nitrogens is 1. The zero-order chi connectivity index (χ0) is 21.6. The highest BCUT2D eigenvalue weighted by Gasteiger charge is 2.24. The number of benzene rings is 1. The Morgan fingerprint density at radius 3 is 2.87 bits per heavy atom. The summed E-state index contributed by atoms with van der Waals surface area (Å²) >= 11 is 0. The Morgan fingerprint density at radius 2 is 2.10 bits per heavy atom. The Kier molecular flexibility index (Phi) is 6.50. The van der Waals surface area contributed by atoms with E-state index >= 15 is 0 Å². The summed E-state index contributed by atoms with van der Waals surface area (Å²) in [6.45, 7) is 6.55. The van der Waals surface area contributed by atoms with Gasteiger partial charge in [0.15, 0.2) is 5.65 Å². The van der Waals surface area contributed by atoms with Gasteiger partial charge < -0.3 is 15.0 Å². The van der Waals surface area contributed by atoms with Crippen LogP contribution in [0.2, 0.25) is 0 Å². The molecule has 0 unspecified atom stereocenters. The van der Waals surface area contributed by atoms with E-state index in [1.54, 1.807) is 7.11 Å². The highest BCUT2D eigenvalue weighted by molar-refractivity contribution is 5.91. The number of nitrogens with zero attached hydrogens (tertiary/aromatic N) is 4. The molecule has 0 aliphatic carbocycles.